The van der Waals surface area contributed by atoms with E-state index in [0.717, 1.165) is 89.9 Å². The van der Waals surface area contributed by atoms with E-state index in [1.165, 1.54) is 96.3 Å². The molecule has 0 spiro atoms. The summed E-state index contributed by atoms with van der Waals surface area (Å²) in [5.41, 5.74) is 0. The standard InChI is InChI=1S/C63H106O12/c1-4-7-10-13-16-19-22-25-27-28-30-32-34-37-40-43-46-49-55(64)71-52-54(73-56(65)50-47-44-41-38-35-31-24-21-18-15-12-9-6-3)53-72-63-61(59(68)58(67)60(75-63)62(69)70)74-57(66)51-48-45-42-39-36-33-29-26-23-20-17-14-11-8-5-2/h8,11,16-17,19-20,25-27,29,36,39,54,58-61,63,67-68H,4-7,9-10,12-15,18,21-24,28,30-35,37-38,40-53H2,1-3H3,(H,69,70)/b11-8-,19-16-,20-17-,27-25-,29-26-,39-36-. The number of esters is 3. The molecule has 75 heavy (non-hydrogen) atoms. The Morgan fingerprint density at radius 3 is 1.33 bits per heavy atom. The van der Waals surface area contributed by atoms with Gasteiger partial charge in [0.15, 0.2) is 24.6 Å². The average molecular weight is 1060 g/mol. The van der Waals surface area contributed by atoms with Crippen LogP contribution in [0.15, 0.2) is 72.9 Å². The third-order valence-electron chi connectivity index (χ3n) is 13.3. The van der Waals surface area contributed by atoms with E-state index in [4.69, 9.17) is 23.7 Å². The highest BCUT2D eigenvalue weighted by Gasteiger charge is 2.50. The van der Waals surface area contributed by atoms with E-state index in [-0.39, 0.29) is 25.9 Å². The molecule has 6 atom stereocenters. The van der Waals surface area contributed by atoms with Gasteiger partial charge >= 0.3 is 23.9 Å². The van der Waals surface area contributed by atoms with Crippen LogP contribution in [0.1, 0.15) is 252 Å². The number of carboxylic acid groups (broad SMARTS) is 1. The van der Waals surface area contributed by atoms with Crippen LogP contribution in [0.3, 0.4) is 0 Å². The fraction of sp³-hybridized carbons (Fsp3) is 0.746. The van der Waals surface area contributed by atoms with Gasteiger partial charge in [0.05, 0.1) is 6.61 Å². The van der Waals surface area contributed by atoms with Crippen molar-refractivity contribution in [1.29, 1.82) is 0 Å². The van der Waals surface area contributed by atoms with E-state index in [0.29, 0.717) is 25.7 Å². The Balaban J connectivity index is 2.71. The van der Waals surface area contributed by atoms with Crippen molar-refractivity contribution in [1.82, 2.24) is 0 Å². The fourth-order valence-corrected chi connectivity index (χ4v) is 8.68. The number of hydrogen-bond donors (Lipinski definition) is 3. The van der Waals surface area contributed by atoms with Crippen molar-refractivity contribution in [2.45, 2.75) is 289 Å². The van der Waals surface area contributed by atoms with Crippen LogP contribution in [-0.4, -0.2) is 89.2 Å². The molecule has 1 aliphatic heterocycles. The number of carbonyl (C=O) groups excluding carboxylic acids is 3. The van der Waals surface area contributed by atoms with Crippen LogP contribution in [0, 0.1) is 0 Å². The summed E-state index contributed by atoms with van der Waals surface area (Å²) in [6, 6.07) is 0. The summed E-state index contributed by atoms with van der Waals surface area (Å²) in [5.74, 6) is -3.18. The van der Waals surface area contributed by atoms with Crippen LogP contribution in [0.2, 0.25) is 0 Å². The SMILES string of the molecule is CC/C=C\C/C=C\C/C=C\C/C=C\CCCCC(=O)OC1C(OCC(COC(=O)CCCCCCCCC/C=C\C/C=C\CCCCC)OC(=O)CCCCCCCCCCCCCCC)OC(C(=O)O)C(O)C1O. The van der Waals surface area contributed by atoms with E-state index in [1.54, 1.807) is 0 Å². The molecule has 0 aromatic carbocycles. The molecule has 0 aromatic rings. The second-order valence-electron chi connectivity index (χ2n) is 20.3. The first kappa shape index (κ1) is 69.2. The molecule has 12 nitrogen and oxygen atoms in total. The van der Waals surface area contributed by atoms with Crippen molar-refractivity contribution in [3.05, 3.63) is 72.9 Å². The molecule has 0 radical (unpaired) electrons. The third kappa shape index (κ3) is 41.0. The van der Waals surface area contributed by atoms with Gasteiger partial charge in [-0.15, -0.1) is 0 Å². The van der Waals surface area contributed by atoms with E-state index < -0.39 is 67.3 Å². The Morgan fingerprint density at radius 1 is 0.453 bits per heavy atom. The highest BCUT2D eigenvalue weighted by atomic mass is 16.7. The quantitative estimate of drug-likeness (QED) is 0.0228. The van der Waals surface area contributed by atoms with Crippen LogP contribution in [0.4, 0.5) is 0 Å². The van der Waals surface area contributed by atoms with Crippen LogP contribution < -0.4 is 0 Å². The summed E-state index contributed by atoms with van der Waals surface area (Å²) >= 11 is 0. The Morgan fingerprint density at radius 2 is 0.840 bits per heavy atom. The lowest BCUT2D eigenvalue weighted by molar-refractivity contribution is -0.301. The monoisotopic (exact) mass is 1050 g/mol. The van der Waals surface area contributed by atoms with Gasteiger partial charge in [0.2, 0.25) is 0 Å². The summed E-state index contributed by atoms with van der Waals surface area (Å²) < 4.78 is 28.4. The molecule has 3 N–H and O–H groups in total. The number of aliphatic hydroxyl groups is 2. The van der Waals surface area contributed by atoms with Gasteiger partial charge in [0, 0.05) is 19.3 Å². The number of unbranched alkanes of at least 4 members (excludes halogenated alkanes) is 24. The van der Waals surface area contributed by atoms with Crippen molar-refractivity contribution in [3.63, 3.8) is 0 Å². The number of carboxylic acids is 1. The second kappa shape index (κ2) is 50.9. The molecule has 0 amide bonds. The summed E-state index contributed by atoms with van der Waals surface area (Å²) in [4.78, 5) is 51.1. The van der Waals surface area contributed by atoms with Crippen LogP contribution >= 0.6 is 0 Å². The summed E-state index contributed by atoms with van der Waals surface area (Å²) in [5, 5.41) is 31.5. The zero-order chi connectivity index (χ0) is 54.7. The van der Waals surface area contributed by atoms with Crippen molar-refractivity contribution in [2.24, 2.45) is 0 Å². The minimum absolute atomic E-state index is 0.00682. The van der Waals surface area contributed by atoms with Crippen molar-refractivity contribution < 1.29 is 58.2 Å². The maximum absolute atomic E-state index is 13.1. The highest BCUT2D eigenvalue weighted by molar-refractivity contribution is 5.74. The molecule has 1 aliphatic rings. The summed E-state index contributed by atoms with van der Waals surface area (Å²) in [6.07, 6.45) is 51.5. The van der Waals surface area contributed by atoms with Gasteiger partial charge in [-0.25, -0.2) is 4.79 Å². The largest absolute Gasteiger partial charge is 0.479 e. The zero-order valence-corrected chi connectivity index (χ0v) is 47.3. The number of aliphatic hydroxyl groups excluding tert-OH is 2. The van der Waals surface area contributed by atoms with Gasteiger partial charge in [0.1, 0.15) is 18.8 Å². The molecule has 0 aromatic heterocycles. The lowest BCUT2D eigenvalue weighted by atomic mass is 9.98. The van der Waals surface area contributed by atoms with E-state index in [2.05, 4.69) is 93.7 Å². The fourth-order valence-electron chi connectivity index (χ4n) is 8.68. The smallest absolute Gasteiger partial charge is 0.335 e. The summed E-state index contributed by atoms with van der Waals surface area (Å²) in [6.45, 7) is 5.83. The minimum atomic E-state index is -1.92. The number of rotatable bonds is 50. The summed E-state index contributed by atoms with van der Waals surface area (Å²) in [7, 11) is 0. The van der Waals surface area contributed by atoms with Gasteiger partial charge in [-0.1, -0.05) is 216 Å². The van der Waals surface area contributed by atoms with Gasteiger partial charge in [0.25, 0.3) is 0 Å². The van der Waals surface area contributed by atoms with Crippen molar-refractivity contribution in [3.8, 4) is 0 Å². The third-order valence-corrected chi connectivity index (χ3v) is 13.3. The molecular weight excluding hydrogens is 949 g/mol. The molecule has 1 fully saturated rings. The first-order valence-electron chi connectivity index (χ1n) is 29.9. The lowest BCUT2D eigenvalue weighted by Gasteiger charge is -2.40. The van der Waals surface area contributed by atoms with Gasteiger partial charge in [-0.3, -0.25) is 14.4 Å². The van der Waals surface area contributed by atoms with Gasteiger partial charge in [-0.2, -0.15) is 0 Å². The molecule has 430 valence electrons. The van der Waals surface area contributed by atoms with Crippen molar-refractivity contribution >= 4 is 23.9 Å². The van der Waals surface area contributed by atoms with E-state index in [1.807, 2.05) is 0 Å². The van der Waals surface area contributed by atoms with Gasteiger partial charge < -0.3 is 39.0 Å². The molecule has 1 saturated heterocycles. The first-order valence-corrected chi connectivity index (χ1v) is 29.9. The number of aliphatic carboxylic acids is 1. The Kier molecular flexibility index (Phi) is 47.0. The number of allylic oxidation sites excluding steroid dienone is 12. The molecule has 0 saturated carbocycles. The molecule has 12 heteroatoms. The molecular formula is C63H106O12. The first-order chi connectivity index (χ1) is 36.6. The number of hydrogen-bond acceptors (Lipinski definition) is 11. The Bertz CT molecular complexity index is 1580. The van der Waals surface area contributed by atoms with E-state index in [9.17, 15) is 34.5 Å². The van der Waals surface area contributed by atoms with Crippen molar-refractivity contribution in [2.75, 3.05) is 13.2 Å². The molecule has 0 aliphatic carbocycles. The van der Waals surface area contributed by atoms with Crippen LogP contribution in [0.5, 0.6) is 0 Å². The Labute approximate surface area is 455 Å². The molecule has 1 heterocycles. The van der Waals surface area contributed by atoms with E-state index >= 15 is 0 Å². The predicted octanol–water partition coefficient (Wildman–Crippen LogP) is 15.3. The molecule has 0 bridgehead atoms. The topological polar surface area (TPSA) is 175 Å². The minimum Gasteiger partial charge on any atom is -0.479 e. The normalized spacial score (nSPS) is 18.7. The average Bonchev–Trinajstić information content (AvgIpc) is 3.39. The lowest BCUT2D eigenvalue weighted by Crippen LogP contribution is -2.61. The number of ether oxygens (including phenoxy) is 5. The van der Waals surface area contributed by atoms with Crippen LogP contribution in [-0.2, 0) is 42.9 Å². The predicted molar refractivity (Wildman–Crippen MR) is 303 cm³/mol. The maximum Gasteiger partial charge on any atom is 0.335 e. The van der Waals surface area contributed by atoms with Crippen LogP contribution in [0.25, 0.3) is 0 Å². The second-order valence-corrected chi connectivity index (χ2v) is 20.3. The number of carbonyl (C=O) groups is 4. The highest BCUT2D eigenvalue weighted by Crippen LogP contribution is 2.26. The maximum atomic E-state index is 13.1. The zero-order valence-electron chi connectivity index (χ0n) is 47.3. The molecule has 6 unspecified atom stereocenters. The Hall–Kier alpha value is -3.84. The molecule has 1 rings (SSSR count). The van der Waals surface area contributed by atoms with Gasteiger partial charge in [-0.05, 0) is 89.9 Å².